The minimum atomic E-state index is -4.53. The van der Waals surface area contributed by atoms with Crippen molar-refractivity contribution < 1.29 is 22.8 Å². The molecule has 17 heavy (non-hydrogen) atoms. The monoisotopic (exact) mass is 247 g/mol. The second-order valence-electron chi connectivity index (χ2n) is 3.85. The molecule has 1 N–H and O–H groups in total. The summed E-state index contributed by atoms with van der Waals surface area (Å²) in [6.45, 7) is 1.67. The lowest BCUT2D eigenvalue weighted by molar-refractivity contribution is -0.153. The molecule has 0 aromatic rings. The van der Waals surface area contributed by atoms with E-state index in [4.69, 9.17) is 0 Å². The number of hydrogen-bond donors (Lipinski definition) is 1. The van der Waals surface area contributed by atoms with Crippen LogP contribution in [0.3, 0.4) is 0 Å². The minimum absolute atomic E-state index is 0.324. The van der Waals surface area contributed by atoms with Gasteiger partial charge in [-0.3, -0.25) is 4.79 Å². The van der Waals surface area contributed by atoms with Crippen LogP contribution in [0.4, 0.5) is 13.2 Å². The molecule has 0 aromatic carbocycles. The van der Waals surface area contributed by atoms with E-state index in [2.05, 4.69) is 5.32 Å². The molecule has 0 saturated carbocycles. The molecule has 0 heterocycles. The molecule has 6 heteroatoms. The highest BCUT2D eigenvalue weighted by Crippen LogP contribution is 2.24. The van der Waals surface area contributed by atoms with Crippen molar-refractivity contribution in [3.63, 3.8) is 0 Å². The third kappa shape index (κ3) is 4.05. The van der Waals surface area contributed by atoms with Crippen molar-refractivity contribution in [2.75, 3.05) is 0 Å². The second kappa shape index (κ2) is 5.16. The maximum absolute atomic E-state index is 11.9. The molecule has 1 amide bonds. The van der Waals surface area contributed by atoms with Gasteiger partial charge in [0.25, 0.3) is 0 Å². The maximum atomic E-state index is 11.9. The van der Waals surface area contributed by atoms with Crippen molar-refractivity contribution in [3.8, 4) is 0 Å². The number of nitrogens with one attached hydrogen (secondary N) is 1. The van der Waals surface area contributed by atoms with Gasteiger partial charge in [0.1, 0.15) is 12.7 Å². The Morgan fingerprint density at radius 3 is 2.71 bits per heavy atom. The molecular formula is C11H12F3NO2. The van der Waals surface area contributed by atoms with E-state index in [1.807, 2.05) is 0 Å². The number of amides is 1. The molecule has 1 aliphatic carbocycles. The first-order valence-corrected chi connectivity index (χ1v) is 5.04. The number of hydrogen-bond acceptors (Lipinski definition) is 2. The second-order valence-corrected chi connectivity index (χ2v) is 3.85. The summed E-state index contributed by atoms with van der Waals surface area (Å²) in [5, 5.41) is 2.18. The molecule has 0 aliphatic heterocycles. The number of aldehydes is 1. The summed E-state index contributed by atoms with van der Waals surface area (Å²) < 4.78 is 35.8. The number of halogens is 3. The molecule has 2 unspecified atom stereocenters. The summed E-state index contributed by atoms with van der Waals surface area (Å²) in [4.78, 5) is 21.7. The Morgan fingerprint density at radius 2 is 2.18 bits per heavy atom. The summed E-state index contributed by atoms with van der Waals surface area (Å²) in [5.41, 5.74) is 0.332. The van der Waals surface area contributed by atoms with E-state index in [1.54, 1.807) is 19.1 Å². The summed E-state index contributed by atoms with van der Waals surface area (Å²) in [6, 6.07) is 0. The van der Waals surface area contributed by atoms with E-state index >= 15 is 0 Å². The third-order valence-corrected chi connectivity index (χ3v) is 2.48. The SMILES string of the molecule is CC1C(NC(=O)CC(F)(F)F)=CC=CC1C=O. The van der Waals surface area contributed by atoms with Crippen LogP contribution in [0.15, 0.2) is 23.9 Å². The largest absolute Gasteiger partial charge is 0.397 e. The van der Waals surface area contributed by atoms with Crippen LogP contribution in [0.25, 0.3) is 0 Å². The zero-order valence-electron chi connectivity index (χ0n) is 9.12. The van der Waals surface area contributed by atoms with E-state index in [9.17, 15) is 22.8 Å². The molecule has 0 spiro atoms. The summed E-state index contributed by atoms with van der Waals surface area (Å²) >= 11 is 0. The number of carbonyl (C=O) groups is 2. The molecule has 94 valence electrons. The summed E-state index contributed by atoms with van der Waals surface area (Å²) in [7, 11) is 0. The van der Waals surface area contributed by atoms with Crippen molar-refractivity contribution in [1.82, 2.24) is 5.32 Å². The normalized spacial score (nSPS) is 24.1. The number of allylic oxidation sites excluding steroid dienone is 4. The molecular weight excluding hydrogens is 235 g/mol. The Hall–Kier alpha value is -1.59. The Balaban J connectivity index is 2.63. The lowest BCUT2D eigenvalue weighted by atomic mass is 9.88. The Morgan fingerprint density at radius 1 is 1.53 bits per heavy atom. The van der Waals surface area contributed by atoms with E-state index in [0.717, 1.165) is 0 Å². The molecule has 2 atom stereocenters. The van der Waals surface area contributed by atoms with Gasteiger partial charge in [0.15, 0.2) is 0 Å². The quantitative estimate of drug-likeness (QED) is 0.775. The fourth-order valence-corrected chi connectivity index (χ4v) is 1.52. The van der Waals surface area contributed by atoms with Gasteiger partial charge in [0.05, 0.1) is 0 Å². The fraction of sp³-hybridized carbons (Fsp3) is 0.455. The van der Waals surface area contributed by atoms with Gasteiger partial charge in [0, 0.05) is 17.5 Å². The van der Waals surface area contributed by atoms with E-state index in [1.165, 1.54) is 6.08 Å². The highest BCUT2D eigenvalue weighted by Gasteiger charge is 2.32. The van der Waals surface area contributed by atoms with Gasteiger partial charge in [-0.05, 0) is 6.08 Å². The Bertz CT molecular complexity index is 371. The van der Waals surface area contributed by atoms with Crippen molar-refractivity contribution in [1.29, 1.82) is 0 Å². The zero-order chi connectivity index (χ0) is 13.1. The topological polar surface area (TPSA) is 46.2 Å². The first kappa shape index (κ1) is 13.5. The van der Waals surface area contributed by atoms with E-state index in [-0.39, 0.29) is 5.92 Å². The van der Waals surface area contributed by atoms with E-state index in [0.29, 0.717) is 12.0 Å². The summed E-state index contributed by atoms with van der Waals surface area (Å²) in [6.07, 6.45) is -0.669. The minimum Gasteiger partial charge on any atom is -0.329 e. The fourth-order valence-electron chi connectivity index (χ4n) is 1.52. The summed E-state index contributed by atoms with van der Waals surface area (Å²) in [5.74, 6) is -1.86. The molecule has 1 aliphatic rings. The van der Waals surface area contributed by atoms with Gasteiger partial charge >= 0.3 is 6.18 Å². The van der Waals surface area contributed by atoms with Crippen molar-refractivity contribution in [2.45, 2.75) is 19.5 Å². The molecule has 1 rings (SSSR count). The van der Waals surface area contributed by atoms with E-state index < -0.39 is 24.4 Å². The number of carbonyl (C=O) groups excluding carboxylic acids is 2. The first-order chi connectivity index (χ1) is 7.83. The van der Waals surface area contributed by atoms with Crippen LogP contribution in [-0.2, 0) is 9.59 Å². The van der Waals surface area contributed by atoms with Crippen LogP contribution in [0.5, 0.6) is 0 Å². The van der Waals surface area contributed by atoms with Gasteiger partial charge < -0.3 is 10.1 Å². The molecule has 0 aromatic heterocycles. The first-order valence-electron chi connectivity index (χ1n) is 5.04. The maximum Gasteiger partial charge on any atom is 0.397 e. The highest BCUT2D eigenvalue weighted by molar-refractivity contribution is 5.79. The highest BCUT2D eigenvalue weighted by atomic mass is 19.4. The lowest BCUT2D eigenvalue weighted by Crippen LogP contribution is -2.33. The van der Waals surface area contributed by atoms with Gasteiger partial charge in [-0.2, -0.15) is 13.2 Å². The molecule has 3 nitrogen and oxygen atoms in total. The van der Waals surface area contributed by atoms with Crippen LogP contribution < -0.4 is 5.32 Å². The predicted octanol–water partition coefficient (Wildman–Crippen LogP) is 1.96. The van der Waals surface area contributed by atoms with Crippen LogP contribution in [0, 0.1) is 11.8 Å². The van der Waals surface area contributed by atoms with Crippen molar-refractivity contribution >= 4 is 12.2 Å². The Labute approximate surface area is 96.4 Å². The third-order valence-electron chi connectivity index (χ3n) is 2.48. The number of alkyl halides is 3. The van der Waals surface area contributed by atoms with Crippen molar-refractivity contribution in [3.05, 3.63) is 23.9 Å². The van der Waals surface area contributed by atoms with Crippen LogP contribution >= 0.6 is 0 Å². The standard InChI is InChI=1S/C11H12F3NO2/c1-7-8(6-16)3-2-4-9(7)15-10(17)5-11(12,13)14/h2-4,6-8H,5H2,1H3,(H,15,17). The van der Waals surface area contributed by atoms with Gasteiger partial charge in [-0.15, -0.1) is 0 Å². The van der Waals surface area contributed by atoms with Crippen LogP contribution in [-0.4, -0.2) is 18.4 Å². The molecule has 0 fully saturated rings. The van der Waals surface area contributed by atoms with Crippen LogP contribution in [0.2, 0.25) is 0 Å². The van der Waals surface area contributed by atoms with Crippen molar-refractivity contribution in [2.24, 2.45) is 11.8 Å². The number of rotatable bonds is 3. The molecule has 0 saturated heterocycles. The van der Waals surface area contributed by atoms with Crippen LogP contribution in [0.1, 0.15) is 13.3 Å². The smallest absolute Gasteiger partial charge is 0.329 e. The Kier molecular flexibility index (Phi) is 4.09. The molecule has 0 bridgehead atoms. The average Bonchev–Trinajstić information content (AvgIpc) is 2.18. The average molecular weight is 247 g/mol. The van der Waals surface area contributed by atoms with Gasteiger partial charge in [-0.25, -0.2) is 0 Å². The predicted molar refractivity (Wildman–Crippen MR) is 54.8 cm³/mol. The molecule has 0 radical (unpaired) electrons. The van der Waals surface area contributed by atoms with Gasteiger partial charge in [-0.1, -0.05) is 19.1 Å². The van der Waals surface area contributed by atoms with Gasteiger partial charge in [0.2, 0.25) is 5.91 Å². The lowest BCUT2D eigenvalue weighted by Gasteiger charge is -2.23. The zero-order valence-corrected chi connectivity index (χ0v) is 9.12.